The van der Waals surface area contributed by atoms with Crippen molar-refractivity contribution in [2.24, 2.45) is 11.5 Å². The first-order chi connectivity index (χ1) is 10.1. The molecule has 5 nitrogen and oxygen atoms in total. The van der Waals surface area contributed by atoms with Crippen molar-refractivity contribution in [3.63, 3.8) is 0 Å². The Hall–Kier alpha value is -1.88. The maximum absolute atomic E-state index is 12.4. The van der Waals surface area contributed by atoms with Gasteiger partial charge in [-0.25, -0.2) is 0 Å². The van der Waals surface area contributed by atoms with Crippen molar-refractivity contribution in [3.05, 3.63) is 35.9 Å². The van der Waals surface area contributed by atoms with E-state index in [0.717, 1.165) is 24.8 Å². The van der Waals surface area contributed by atoms with Gasteiger partial charge in [-0.1, -0.05) is 30.3 Å². The van der Waals surface area contributed by atoms with E-state index in [1.54, 1.807) is 4.90 Å². The Morgan fingerprint density at radius 2 is 1.95 bits per heavy atom. The molecule has 1 aromatic carbocycles. The number of amides is 2. The van der Waals surface area contributed by atoms with E-state index in [4.69, 9.17) is 11.5 Å². The van der Waals surface area contributed by atoms with E-state index in [2.05, 4.69) is 0 Å². The number of hydrogen-bond acceptors (Lipinski definition) is 3. The molecule has 21 heavy (non-hydrogen) atoms. The molecule has 1 saturated heterocycles. The predicted octanol–water partition coefficient (Wildman–Crippen LogP) is 0.813. The fraction of sp³-hybridized carbons (Fsp3) is 0.500. The molecule has 1 aliphatic rings. The number of benzene rings is 1. The van der Waals surface area contributed by atoms with Crippen molar-refractivity contribution < 1.29 is 9.59 Å². The molecule has 0 bridgehead atoms. The van der Waals surface area contributed by atoms with Crippen molar-refractivity contribution in [3.8, 4) is 0 Å². The fourth-order valence-corrected chi connectivity index (χ4v) is 2.79. The van der Waals surface area contributed by atoms with Crippen molar-refractivity contribution in [2.45, 2.75) is 44.2 Å². The van der Waals surface area contributed by atoms with Gasteiger partial charge in [0.1, 0.15) is 6.04 Å². The average Bonchev–Trinajstić information content (AvgIpc) is 2.52. The molecule has 0 aromatic heterocycles. The molecule has 0 saturated carbocycles. The molecular weight excluding hydrogens is 266 g/mol. The van der Waals surface area contributed by atoms with Gasteiger partial charge >= 0.3 is 0 Å². The molecule has 1 aromatic rings. The zero-order valence-electron chi connectivity index (χ0n) is 12.2. The highest BCUT2D eigenvalue weighted by Gasteiger charge is 2.32. The summed E-state index contributed by atoms with van der Waals surface area (Å²) in [4.78, 5) is 25.5. The second-order valence-corrected chi connectivity index (χ2v) is 5.58. The van der Waals surface area contributed by atoms with Crippen LogP contribution in [0.3, 0.4) is 0 Å². The second kappa shape index (κ2) is 7.22. The Morgan fingerprint density at radius 3 is 2.62 bits per heavy atom. The Bertz CT molecular complexity index is 490. The van der Waals surface area contributed by atoms with Crippen LogP contribution in [0.2, 0.25) is 0 Å². The van der Waals surface area contributed by atoms with Crippen LogP contribution in [0.4, 0.5) is 0 Å². The highest BCUT2D eigenvalue weighted by Crippen LogP contribution is 2.18. The summed E-state index contributed by atoms with van der Waals surface area (Å²) in [7, 11) is 0. The van der Waals surface area contributed by atoms with Crippen LogP contribution in [-0.2, 0) is 16.0 Å². The summed E-state index contributed by atoms with van der Waals surface area (Å²) >= 11 is 0. The van der Waals surface area contributed by atoms with Gasteiger partial charge in [-0.3, -0.25) is 9.59 Å². The molecule has 0 aliphatic carbocycles. The topological polar surface area (TPSA) is 89.4 Å². The van der Waals surface area contributed by atoms with E-state index < -0.39 is 18.0 Å². The monoisotopic (exact) mass is 289 g/mol. The smallest absolute Gasteiger partial charge is 0.240 e. The third-order valence-electron chi connectivity index (χ3n) is 4.02. The number of piperidine rings is 1. The maximum atomic E-state index is 12.4. The number of hydrogen-bond donors (Lipinski definition) is 2. The maximum Gasteiger partial charge on any atom is 0.240 e. The molecule has 1 heterocycles. The third-order valence-corrected chi connectivity index (χ3v) is 4.02. The predicted molar refractivity (Wildman–Crippen MR) is 81.3 cm³/mol. The van der Waals surface area contributed by atoms with E-state index in [0.29, 0.717) is 19.4 Å². The molecule has 5 heteroatoms. The number of primary amides is 1. The minimum Gasteiger partial charge on any atom is -0.368 e. The first kappa shape index (κ1) is 15.5. The quantitative estimate of drug-likeness (QED) is 0.840. The lowest BCUT2D eigenvalue weighted by atomic mass is 9.99. The van der Waals surface area contributed by atoms with Crippen LogP contribution in [0, 0.1) is 0 Å². The van der Waals surface area contributed by atoms with Gasteiger partial charge in [0.05, 0.1) is 6.04 Å². The van der Waals surface area contributed by atoms with Gasteiger partial charge in [0.2, 0.25) is 11.8 Å². The molecule has 2 amide bonds. The molecular formula is C16H23N3O2. The van der Waals surface area contributed by atoms with Crippen LogP contribution in [0.1, 0.15) is 31.2 Å². The molecule has 2 atom stereocenters. The number of carbonyl (C=O) groups excluding carboxylic acids is 2. The minimum atomic E-state index is -0.579. The van der Waals surface area contributed by atoms with E-state index in [1.165, 1.54) is 0 Å². The van der Waals surface area contributed by atoms with Crippen LogP contribution in [0.5, 0.6) is 0 Å². The molecule has 1 aliphatic heterocycles. The summed E-state index contributed by atoms with van der Waals surface area (Å²) in [5.74, 6) is -0.590. The second-order valence-electron chi connectivity index (χ2n) is 5.58. The summed E-state index contributed by atoms with van der Waals surface area (Å²) < 4.78 is 0. The Balaban J connectivity index is 1.93. The molecule has 0 radical (unpaired) electrons. The van der Waals surface area contributed by atoms with Gasteiger partial charge in [-0.05, 0) is 37.7 Å². The van der Waals surface area contributed by atoms with Crippen molar-refractivity contribution >= 4 is 11.8 Å². The molecule has 1 fully saturated rings. The summed E-state index contributed by atoms with van der Waals surface area (Å²) in [6.07, 6.45) is 3.80. The summed E-state index contributed by atoms with van der Waals surface area (Å²) in [5.41, 5.74) is 12.6. The van der Waals surface area contributed by atoms with Crippen molar-refractivity contribution in [1.29, 1.82) is 0 Å². The fourth-order valence-electron chi connectivity index (χ4n) is 2.79. The number of carbonyl (C=O) groups is 2. The summed E-state index contributed by atoms with van der Waals surface area (Å²) in [5, 5.41) is 0. The number of aryl methyl sites for hydroxylation is 1. The summed E-state index contributed by atoms with van der Waals surface area (Å²) in [6.45, 7) is 0.575. The Labute approximate surface area is 125 Å². The van der Waals surface area contributed by atoms with Gasteiger partial charge in [0.25, 0.3) is 0 Å². The minimum absolute atomic E-state index is 0.158. The normalized spacial score (nSPS) is 20.0. The average molecular weight is 289 g/mol. The summed E-state index contributed by atoms with van der Waals surface area (Å²) in [6, 6.07) is 8.86. The molecule has 2 rings (SSSR count). The zero-order chi connectivity index (χ0) is 15.2. The lowest BCUT2D eigenvalue weighted by Crippen LogP contribution is -2.55. The van der Waals surface area contributed by atoms with Crippen LogP contribution in [-0.4, -0.2) is 35.3 Å². The van der Waals surface area contributed by atoms with Crippen LogP contribution in [0.25, 0.3) is 0 Å². The standard InChI is InChI=1S/C16H23N3O2/c17-13(10-9-12-6-2-1-3-7-12)16(21)19-11-5-4-8-14(19)15(18)20/h1-3,6-7,13-14H,4-5,8-11,17H2,(H2,18,20). The highest BCUT2D eigenvalue weighted by atomic mass is 16.2. The molecule has 4 N–H and O–H groups in total. The molecule has 2 unspecified atom stereocenters. The number of nitrogens with two attached hydrogens (primary N) is 2. The van der Waals surface area contributed by atoms with Gasteiger partial charge in [0.15, 0.2) is 0 Å². The highest BCUT2D eigenvalue weighted by molar-refractivity contribution is 5.89. The van der Waals surface area contributed by atoms with E-state index >= 15 is 0 Å². The van der Waals surface area contributed by atoms with Crippen LogP contribution in [0.15, 0.2) is 30.3 Å². The lowest BCUT2D eigenvalue weighted by molar-refractivity contribution is -0.142. The van der Waals surface area contributed by atoms with Crippen LogP contribution >= 0.6 is 0 Å². The van der Waals surface area contributed by atoms with Crippen molar-refractivity contribution in [2.75, 3.05) is 6.54 Å². The number of nitrogens with zero attached hydrogens (tertiary/aromatic N) is 1. The number of rotatable bonds is 5. The third kappa shape index (κ3) is 4.04. The lowest BCUT2D eigenvalue weighted by Gasteiger charge is -2.35. The molecule has 0 spiro atoms. The Kier molecular flexibility index (Phi) is 5.33. The van der Waals surface area contributed by atoms with Gasteiger partial charge in [0, 0.05) is 6.54 Å². The van der Waals surface area contributed by atoms with Gasteiger partial charge in [-0.2, -0.15) is 0 Å². The van der Waals surface area contributed by atoms with E-state index in [9.17, 15) is 9.59 Å². The van der Waals surface area contributed by atoms with E-state index in [1.807, 2.05) is 30.3 Å². The first-order valence-corrected chi connectivity index (χ1v) is 7.49. The largest absolute Gasteiger partial charge is 0.368 e. The van der Waals surface area contributed by atoms with Crippen molar-refractivity contribution in [1.82, 2.24) is 4.90 Å². The SMILES string of the molecule is NC(=O)C1CCCCN1C(=O)C(N)CCc1ccccc1. The van der Waals surface area contributed by atoms with Crippen LogP contribution < -0.4 is 11.5 Å². The Morgan fingerprint density at radius 1 is 1.24 bits per heavy atom. The molecule has 114 valence electrons. The zero-order valence-corrected chi connectivity index (χ0v) is 12.2. The number of likely N-dealkylation sites (tertiary alicyclic amines) is 1. The van der Waals surface area contributed by atoms with Gasteiger partial charge in [-0.15, -0.1) is 0 Å². The first-order valence-electron chi connectivity index (χ1n) is 7.49. The van der Waals surface area contributed by atoms with Gasteiger partial charge < -0.3 is 16.4 Å². The van der Waals surface area contributed by atoms with E-state index in [-0.39, 0.29) is 5.91 Å².